The maximum absolute atomic E-state index is 12.7. The Bertz CT molecular complexity index is 803. The molecule has 1 aromatic heterocycles. The van der Waals surface area contributed by atoms with E-state index in [4.69, 9.17) is 9.47 Å². The molecule has 0 amide bonds. The molecule has 2 aliphatic rings. The van der Waals surface area contributed by atoms with Crippen molar-refractivity contribution >= 4 is 5.82 Å². The van der Waals surface area contributed by atoms with Crippen LogP contribution in [0.3, 0.4) is 0 Å². The first-order chi connectivity index (χ1) is 12.9. The van der Waals surface area contributed by atoms with Crippen molar-refractivity contribution in [1.29, 1.82) is 0 Å². The van der Waals surface area contributed by atoms with E-state index in [2.05, 4.69) is 16.8 Å². The molecule has 0 N–H and O–H groups in total. The van der Waals surface area contributed by atoms with Crippen molar-refractivity contribution in [3.63, 3.8) is 0 Å². The van der Waals surface area contributed by atoms with Crippen LogP contribution >= 0.6 is 0 Å². The van der Waals surface area contributed by atoms with Gasteiger partial charge in [0, 0.05) is 38.4 Å². The summed E-state index contributed by atoms with van der Waals surface area (Å²) in [6, 6.07) is 8.72. The highest BCUT2D eigenvalue weighted by Crippen LogP contribution is 2.35. The minimum absolute atomic E-state index is 0.210. The van der Waals surface area contributed by atoms with Crippen molar-refractivity contribution in [2.75, 3.05) is 37.9 Å². The van der Waals surface area contributed by atoms with Crippen molar-refractivity contribution in [3.05, 3.63) is 47.7 Å². The largest absolute Gasteiger partial charge is 0.454 e. The van der Waals surface area contributed by atoms with Gasteiger partial charge in [-0.05, 0) is 36.8 Å². The lowest BCUT2D eigenvalue weighted by molar-refractivity contribution is -0.137. The average Bonchev–Trinajstić information content (AvgIpc) is 3.15. The molecule has 27 heavy (non-hydrogen) atoms. The van der Waals surface area contributed by atoms with Crippen LogP contribution in [0.15, 0.2) is 36.5 Å². The van der Waals surface area contributed by atoms with Gasteiger partial charge in [0.15, 0.2) is 11.5 Å². The van der Waals surface area contributed by atoms with E-state index in [1.54, 1.807) is 0 Å². The van der Waals surface area contributed by atoms with Gasteiger partial charge in [0.2, 0.25) is 6.79 Å². The summed E-state index contributed by atoms with van der Waals surface area (Å²) >= 11 is 0. The predicted octanol–water partition coefficient (Wildman–Crippen LogP) is 3.71. The molecule has 2 aliphatic heterocycles. The fourth-order valence-electron chi connectivity index (χ4n) is 3.46. The van der Waals surface area contributed by atoms with Crippen molar-refractivity contribution in [2.24, 2.45) is 0 Å². The Hall–Kier alpha value is -2.48. The molecule has 0 saturated carbocycles. The van der Waals surface area contributed by atoms with Crippen LogP contribution in [0.2, 0.25) is 0 Å². The summed E-state index contributed by atoms with van der Waals surface area (Å²) in [5.74, 6) is 2.12. The average molecular weight is 379 g/mol. The number of rotatable bonds is 3. The van der Waals surface area contributed by atoms with Crippen LogP contribution in [-0.4, -0.2) is 42.9 Å². The third kappa shape index (κ3) is 3.66. The summed E-state index contributed by atoms with van der Waals surface area (Å²) in [6.07, 6.45) is -3.46. The van der Waals surface area contributed by atoms with Crippen molar-refractivity contribution < 1.29 is 22.6 Å². The Labute approximate surface area is 155 Å². The molecule has 1 unspecified atom stereocenters. The lowest BCUT2D eigenvalue weighted by Gasteiger charge is -2.38. The topological polar surface area (TPSA) is 37.8 Å². The van der Waals surface area contributed by atoms with Crippen LogP contribution in [0.5, 0.6) is 11.5 Å². The van der Waals surface area contributed by atoms with E-state index in [1.165, 1.54) is 6.07 Å². The van der Waals surface area contributed by atoms with Gasteiger partial charge in [-0.25, -0.2) is 4.98 Å². The Balaban J connectivity index is 1.38. The molecule has 0 aliphatic carbocycles. The van der Waals surface area contributed by atoms with Gasteiger partial charge in [-0.1, -0.05) is 6.07 Å². The minimum atomic E-state index is -4.36. The van der Waals surface area contributed by atoms with Gasteiger partial charge in [0.1, 0.15) is 5.82 Å². The summed E-state index contributed by atoms with van der Waals surface area (Å²) < 4.78 is 48.8. The van der Waals surface area contributed by atoms with Crippen LogP contribution in [-0.2, 0) is 6.18 Å². The van der Waals surface area contributed by atoms with Gasteiger partial charge in [-0.3, -0.25) is 4.90 Å². The summed E-state index contributed by atoms with van der Waals surface area (Å²) in [5, 5.41) is 0. The first-order valence-electron chi connectivity index (χ1n) is 8.83. The smallest absolute Gasteiger partial charge is 0.417 e. The standard InChI is InChI=1S/C19H20F3N3O2/c1-13(14-2-4-16-17(10-14)27-12-26-16)24-6-8-25(9-7-24)18-5-3-15(11-23-18)19(20,21)22/h2-5,10-11,13H,6-9,12H2,1H3. The molecule has 144 valence electrons. The number of pyridine rings is 1. The SMILES string of the molecule is CC(c1ccc2c(c1)OCO2)N1CCN(c2ccc(C(F)(F)F)cn2)CC1. The van der Waals surface area contributed by atoms with Gasteiger partial charge >= 0.3 is 6.18 Å². The lowest BCUT2D eigenvalue weighted by atomic mass is 10.1. The number of piperazine rings is 1. The van der Waals surface area contributed by atoms with E-state index >= 15 is 0 Å². The Kier molecular flexibility index (Phi) is 4.59. The number of nitrogens with zero attached hydrogens (tertiary/aromatic N) is 3. The van der Waals surface area contributed by atoms with Crippen LogP contribution < -0.4 is 14.4 Å². The maximum atomic E-state index is 12.7. The van der Waals surface area contributed by atoms with Crippen LogP contribution in [0.1, 0.15) is 24.1 Å². The van der Waals surface area contributed by atoms with Gasteiger partial charge in [0.25, 0.3) is 0 Å². The lowest BCUT2D eigenvalue weighted by Crippen LogP contribution is -2.47. The molecule has 0 spiro atoms. The second-order valence-electron chi connectivity index (χ2n) is 6.71. The second-order valence-corrected chi connectivity index (χ2v) is 6.71. The quantitative estimate of drug-likeness (QED) is 0.813. The Morgan fingerprint density at radius 2 is 1.74 bits per heavy atom. The molecular weight excluding hydrogens is 359 g/mol. The number of ether oxygens (including phenoxy) is 2. The molecule has 1 fully saturated rings. The fraction of sp³-hybridized carbons (Fsp3) is 0.421. The Morgan fingerprint density at radius 3 is 2.41 bits per heavy atom. The minimum Gasteiger partial charge on any atom is -0.454 e. The van der Waals surface area contributed by atoms with Crippen molar-refractivity contribution in [2.45, 2.75) is 19.1 Å². The normalized spacial score (nSPS) is 18.6. The van der Waals surface area contributed by atoms with Crippen molar-refractivity contribution in [1.82, 2.24) is 9.88 Å². The molecular formula is C19H20F3N3O2. The first kappa shape index (κ1) is 17.9. The summed E-state index contributed by atoms with van der Waals surface area (Å²) in [5.41, 5.74) is 0.432. The highest BCUT2D eigenvalue weighted by Gasteiger charge is 2.31. The zero-order valence-electron chi connectivity index (χ0n) is 14.9. The second kappa shape index (κ2) is 6.92. The van der Waals surface area contributed by atoms with Crippen molar-refractivity contribution in [3.8, 4) is 11.5 Å². The van der Waals surface area contributed by atoms with Crippen LogP contribution in [0.4, 0.5) is 19.0 Å². The zero-order chi connectivity index (χ0) is 19.0. The molecule has 0 bridgehead atoms. The number of hydrogen-bond acceptors (Lipinski definition) is 5. The van der Waals surface area contributed by atoms with Gasteiger partial charge in [0.05, 0.1) is 5.56 Å². The maximum Gasteiger partial charge on any atom is 0.417 e. The highest BCUT2D eigenvalue weighted by molar-refractivity contribution is 5.45. The van der Waals surface area contributed by atoms with Gasteiger partial charge < -0.3 is 14.4 Å². The monoisotopic (exact) mass is 379 g/mol. The number of benzene rings is 1. The number of alkyl halides is 3. The van der Waals surface area contributed by atoms with E-state index in [1.807, 2.05) is 23.1 Å². The summed E-state index contributed by atoms with van der Waals surface area (Å²) in [7, 11) is 0. The molecule has 2 aromatic rings. The molecule has 3 heterocycles. The third-order valence-corrected chi connectivity index (χ3v) is 5.14. The van der Waals surface area contributed by atoms with E-state index in [9.17, 15) is 13.2 Å². The van der Waals surface area contributed by atoms with Gasteiger partial charge in [-0.2, -0.15) is 13.2 Å². The number of anilines is 1. The summed E-state index contributed by atoms with van der Waals surface area (Å²) in [4.78, 5) is 8.36. The number of halogens is 3. The highest BCUT2D eigenvalue weighted by atomic mass is 19.4. The summed E-state index contributed by atoms with van der Waals surface area (Å²) in [6.45, 7) is 5.44. The Morgan fingerprint density at radius 1 is 1.00 bits per heavy atom. The van der Waals surface area contributed by atoms with Gasteiger partial charge in [-0.15, -0.1) is 0 Å². The molecule has 8 heteroatoms. The predicted molar refractivity (Wildman–Crippen MR) is 94.0 cm³/mol. The molecule has 1 aromatic carbocycles. The number of hydrogen-bond donors (Lipinski definition) is 0. The molecule has 4 rings (SSSR count). The van der Waals surface area contributed by atoms with Crippen LogP contribution in [0.25, 0.3) is 0 Å². The van der Waals surface area contributed by atoms with Crippen LogP contribution in [0, 0.1) is 0 Å². The third-order valence-electron chi connectivity index (χ3n) is 5.14. The molecule has 1 atom stereocenters. The number of aromatic nitrogens is 1. The van der Waals surface area contributed by atoms with E-state index in [0.717, 1.165) is 42.4 Å². The van der Waals surface area contributed by atoms with E-state index in [0.29, 0.717) is 18.9 Å². The first-order valence-corrected chi connectivity index (χ1v) is 8.83. The number of fused-ring (bicyclic) bond motifs is 1. The molecule has 5 nitrogen and oxygen atoms in total. The molecule has 0 radical (unpaired) electrons. The zero-order valence-corrected chi connectivity index (χ0v) is 14.9. The van der Waals surface area contributed by atoms with E-state index < -0.39 is 11.7 Å². The molecule has 1 saturated heterocycles. The van der Waals surface area contributed by atoms with E-state index in [-0.39, 0.29) is 12.8 Å². The fourth-order valence-corrected chi connectivity index (χ4v) is 3.46.